The number of aromatic nitrogens is 2. The molecule has 7 heteroatoms. The lowest BCUT2D eigenvalue weighted by Gasteiger charge is -2.04. The summed E-state index contributed by atoms with van der Waals surface area (Å²) in [6.07, 6.45) is 3.16. The monoisotopic (exact) mass is 345 g/mol. The van der Waals surface area contributed by atoms with Gasteiger partial charge in [0.05, 0.1) is 10.2 Å². The van der Waals surface area contributed by atoms with Crippen molar-refractivity contribution in [2.75, 3.05) is 5.32 Å². The van der Waals surface area contributed by atoms with Crippen LogP contribution in [0.4, 0.5) is 13.9 Å². The summed E-state index contributed by atoms with van der Waals surface area (Å²) in [5.74, 6) is -4.76. The lowest BCUT2D eigenvalue weighted by Crippen LogP contribution is -2.17. The van der Waals surface area contributed by atoms with Gasteiger partial charge in [-0.3, -0.25) is 9.78 Å². The third-order valence-electron chi connectivity index (χ3n) is 4.11. The number of benzene rings is 1. The minimum Gasteiger partial charge on any atom is -0.302 e. The highest BCUT2D eigenvalue weighted by Crippen LogP contribution is 2.49. The van der Waals surface area contributed by atoms with Crippen LogP contribution in [0, 0.1) is 12.8 Å². The summed E-state index contributed by atoms with van der Waals surface area (Å²) in [4.78, 5) is 20.2. The van der Waals surface area contributed by atoms with Gasteiger partial charge in [-0.15, -0.1) is 0 Å². The third kappa shape index (κ3) is 2.65. The van der Waals surface area contributed by atoms with E-state index in [-0.39, 0.29) is 6.42 Å². The van der Waals surface area contributed by atoms with Crippen LogP contribution in [-0.2, 0) is 4.79 Å². The fourth-order valence-corrected chi connectivity index (χ4v) is 3.51. The molecule has 24 heavy (non-hydrogen) atoms. The van der Waals surface area contributed by atoms with E-state index >= 15 is 0 Å². The Hall–Kier alpha value is -2.41. The van der Waals surface area contributed by atoms with Crippen molar-refractivity contribution in [3.63, 3.8) is 0 Å². The Kier molecular flexibility index (Phi) is 3.35. The number of halogens is 2. The maximum atomic E-state index is 12.9. The Morgan fingerprint density at radius 2 is 2.17 bits per heavy atom. The minimum absolute atomic E-state index is 0.345. The molecule has 0 bridgehead atoms. The molecule has 122 valence electrons. The highest BCUT2D eigenvalue weighted by molar-refractivity contribution is 7.22. The van der Waals surface area contributed by atoms with Gasteiger partial charge < -0.3 is 5.32 Å². The van der Waals surface area contributed by atoms with Gasteiger partial charge in [-0.1, -0.05) is 17.4 Å². The first-order chi connectivity index (χ1) is 11.4. The number of nitrogens with one attached hydrogen (secondary N) is 1. The summed E-state index contributed by atoms with van der Waals surface area (Å²) >= 11 is 1.28. The zero-order valence-corrected chi connectivity index (χ0v) is 13.5. The normalized spacial score (nSPS) is 18.5. The van der Waals surface area contributed by atoms with Gasteiger partial charge >= 0.3 is 0 Å². The molecule has 1 amide bonds. The van der Waals surface area contributed by atoms with E-state index in [1.165, 1.54) is 11.3 Å². The van der Waals surface area contributed by atoms with Crippen molar-refractivity contribution >= 4 is 32.6 Å². The molecule has 1 aromatic carbocycles. The van der Waals surface area contributed by atoms with Crippen LogP contribution in [0.15, 0.2) is 36.7 Å². The number of amides is 1. The number of thiazole rings is 1. The molecule has 1 unspecified atom stereocenters. The average molecular weight is 345 g/mol. The standard InChI is InChI=1S/C17H13F2N3OS/c1-9-4-5-20-8-11(9)10-2-3-13-14(6-10)24-16(21-13)22-15(23)12-7-17(12,18)19/h2-6,8,12H,7H2,1H3,(H,21,22,23). The van der Waals surface area contributed by atoms with Crippen LogP contribution in [0.3, 0.4) is 0 Å². The van der Waals surface area contributed by atoms with Crippen molar-refractivity contribution in [1.82, 2.24) is 9.97 Å². The summed E-state index contributed by atoms with van der Waals surface area (Å²) in [7, 11) is 0. The van der Waals surface area contributed by atoms with Crippen LogP contribution in [-0.4, -0.2) is 21.8 Å². The molecule has 1 N–H and O–H groups in total. The number of anilines is 1. The van der Waals surface area contributed by atoms with E-state index in [1.807, 2.05) is 31.2 Å². The van der Waals surface area contributed by atoms with Gasteiger partial charge in [0.1, 0.15) is 5.92 Å². The maximum Gasteiger partial charge on any atom is 0.260 e. The second kappa shape index (κ2) is 5.31. The third-order valence-corrected chi connectivity index (χ3v) is 5.04. The summed E-state index contributed by atoms with van der Waals surface area (Å²) in [6, 6.07) is 7.70. The number of hydrogen-bond acceptors (Lipinski definition) is 4. The number of carbonyl (C=O) groups excluding carboxylic acids is 1. The minimum atomic E-state index is -2.87. The molecular weight excluding hydrogens is 332 g/mol. The first kappa shape index (κ1) is 15.1. The van der Waals surface area contributed by atoms with Gasteiger partial charge in [-0.05, 0) is 36.2 Å². The van der Waals surface area contributed by atoms with Crippen molar-refractivity contribution in [2.45, 2.75) is 19.3 Å². The van der Waals surface area contributed by atoms with E-state index in [9.17, 15) is 13.6 Å². The molecule has 3 aromatic rings. The molecule has 1 fully saturated rings. The SMILES string of the molecule is Cc1ccncc1-c1ccc2nc(NC(=O)C3CC3(F)F)sc2c1. The van der Waals surface area contributed by atoms with Gasteiger partial charge in [-0.25, -0.2) is 13.8 Å². The van der Waals surface area contributed by atoms with Crippen LogP contribution >= 0.6 is 11.3 Å². The zero-order chi connectivity index (χ0) is 16.9. The lowest BCUT2D eigenvalue weighted by atomic mass is 10.0. The highest BCUT2D eigenvalue weighted by atomic mass is 32.1. The van der Waals surface area contributed by atoms with Gasteiger partial charge in [0, 0.05) is 24.4 Å². The number of carbonyl (C=O) groups is 1. The summed E-state index contributed by atoms with van der Waals surface area (Å²) in [5, 5.41) is 2.84. The molecule has 1 aliphatic carbocycles. The molecule has 1 atom stereocenters. The zero-order valence-electron chi connectivity index (χ0n) is 12.7. The Balaban J connectivity index is 1.62. The van der Waals surface area contributed by atoms with Gasteiger partial charge in [0.25, 0.3) is 5.92 Å². The average Bonchev–Trinajstić information content (AvgIpc) is 3.01. The fourth-order valence-electron chi connectivity index (χ4n) is 2.60. The number of hydrogen-bond donors (Lipinski definition) is 1. The molecule has 0 radical (unpaired) electrons. The maximum absolute atomic E-state index is 12.9. The van der Waals surface area contributed by atoms with E-state index in [4.69, 9.17) is 0 Å². The molecule has 0 saturated heterocycles. The van der Waals surface area contributed by atoms with E-state index in [0.29, 0.717) is 5.13 Å². The number of aryl methyl sites for hydroxylation is 1. The van der Waals surface area contributed by atoms with Crippen LogP contribution < -0.4 is 5.32 Å². The predicted octanol–water partition coefficient (Wildman–Crippen LogP) is 4.26. The largest absolute Gasteiger partial charge is 0.302 e. The summed E-state index contributed by atoms with van der Waals surface area (Å²) in [6.45, 7) is 2.01. The fraction of sp³-hybridized carbons (Fsp3) is 0.235. The molecule has 4 nitrogen and oxygen atoms in total. The molecule has 0 spiro atoms. The van der Waals surface area contributed by atoms with Gasteiger partial charge in [0.2, 0.25) is 5.91 Å². The van der Waals surface area contributed by atoms with Crippen LogP contribution in [0.1, 0.15) is 12.0 Å². The van der Waals surface area contributed by atoms with Crippen molar-refractivity contribution in [2.24, 2.45) is 5.92 Å². The van der Waals surface area contributed by atoms with E-state index in [1.54, 1.807) is 12.4 Å². The lowest BCUT2D eigenvalue weighted by molar-refractivity contribution is -0.119. The van der Waals surface area contributed by atoms with Crippen LogP contribution in [0.2, 0.25) is 0 Å². The molecule has 0 aliphatic heterocycles. The molecule has 2 heterocycles. The predicted molar refractivity (Wildman–Crippen MR) is 89.3 cm³/mol. The van der Waals surface area contributed by atoms with E-state index in [0.717, 1.165) is 26.9 Å². The Labute approximate surface area is 140 Å². The Morgan fingerprint density at radius 1 is 1.38 bits per heavy atom. The highest BCUT2D eigenvalue weighted by Gasteiger charge is 2.61. The first-order valence-corrected chi connectivity index (χ1v) is 8.26. The molecular formula is C17H13F2N3OS. The molecule has 1 saturated carbocycles. The van der Waals surface area contributed by atoms with Gasteiger partial charge in [0.15, 0.2) is 5.13 Å². The van der Waals surface area contributed by atoms with E-state index < -0.39 is 17.7 Å². The molecule has 1 aliphatic rings. The topological polar surface area (TPSA) is 54.9 Å². The second-order valence-electron chi connectivity index (χ2n) is 5.90. The van der Waals surface area contributed by atoms with Crippen molar-refractivity contribution in [3.8, 4) is 11.1 Å². The van der Waals surface area contributed by atoms with Gasteiger partial charge in [-0.2, -0.15) is 0 Å². The number of rotatable bonds is 3. The number of fused-ring (bicyclic) bond motifs is 1. The number of pyridine rings is 1. The number of alkyl halides is 2. The first-order valence-electron chi connectivity index (χ1n) is 7.44. The van der Waals surface area contributed by atoms with Crippen molar-refractivity contribution in [1.29, 1.82) is 0 Å². The van der Waals surface area contributed by atoms with Crippen LogP contribution in [0.25, 0.3) is 21.3 Å². The van der Waals surface area contributed by atoms with E-state index in [2.05, 4.69) is 15.3 Å². The summed E-state index contributed by atoms with van der Waals surface area (Å²) in [5.41, 5.74) is 3.86. The quantitative estimate of drug-likeness (QED) is 0.772. The summed E-state index contributed by atoms with van der Waals surface area (Å²) < 4.78 is 26.8. The van der Waals surface area contributed by atoms with Crippen molar-refractivity contribution < 1.29 is 13.6 Å². The Bertz CT molecular complexity index is 954. The molecule has 4 rings (SSSR count). The Morgan fingerprint density at radius 3 is 2.88 bits per heavy atom. The van der Waals surface area contributed by atoms with Crippen LogP contribution in [0.5, 0.6) is 0 Å². The molecule has 2 aromatic heterocycles. The smallest absolute Gasteiger partial charge is 0.260 e. The number of nitrogens with zero attached hydrogens (tertiary/aromatic N) is 2. The van der Waals surface area contributed by atoms with Crippen molar-refractivity contribution in [3.05, 3.63) is 42.2 Å². The second-order valence-corrected chi connectivity index (χ2v) is 6.93.